The first kappa shape index (κ1) is 25.7. The number of carbonyl (C=O) groups is 1. The van der Waals surface area contributed by atoms with Crippen molar-refractivity contribution in [3.05, 3.63) is 22.2 Å². The lowest BCUT2D eigenvalue weighted by Crippen LogP contribution is -2.43. The summed E-state index contributed by atoms with van der Waals surface area (Å²) in [5.41, 5.74) is 0.813. The lowest BCUT2D eigenvalue weighted by molar-refractivity contribution is -0.124. The van der Waals surface area contributed by atoms with Crippen molar-refractivity contribution in [1.82, 2.24) is 15.5 Å². The highest BCUT2D eigenvalue weighted by molar-refractivity contribution is 9.10. The van der Waals surface area contributed by atoms with Crippen molar-refractivity contribution < 1.29 is 14.3 Å². The molecule has 0 atom stereocenters. The molecule has 0 aliphatic heterocycles. The van der Waals surface area contributed by atoms with Gasteiger partial charge in [0.25, 0.3) is 5.91 Å². The largest absolute Gasteiger partial charge is 0.490 e. The van der Waals surface area contributed by atoms with Crippen LogP contribution in [-0.2, 0) is 11.3 Å². The molecule has 1 amide bonds. The van der Waals surface area contributed by atoms with Crippen molar-refractivity contribution in [1.29, 1.82) is 0 Å². The van der Waals surface area contributed by atoms with Crippen LogP contribution in [0.15, 0.2) is 16.6 Å². The molecule has 29 heavy (non-hydrogen) atoms. The Morgan fingerprint density at radius 3 is 2.34 bits per heavy atom. The summed E-state index contributed by atoms with van der Waals surface area (Å²) in [4.78, 5) is 14.5. The fraction of sp³-hybridized carbons (Fsp3) is 0.682. The number of nitrogens with one attached hydrogen (secondary N) is 2. The molecule has 0 radical (unpaired) electrons. The van der Waals surface area contributed by atoms with E-state index in [1.54, 1.807) is 0 Å². The van der Waals surface area contributed by atoms with Crippen LogP contribution in [0.1, 0.15) is 53.5 Å². The topological polar surface area (TPSA) is 62.8 Å². The number of halogens is 1. The van der Waals surface area contributed by atoms with Gasteiger partial charge in [-0.25, -0.2) is 0 Å². The fourth-order valence-electron chi connectivity index (χ4n) is 2.88. The molecule has 0 saturated heterocycles. The van der Waals surface area contributed by atoms with Gasteiger partial charge in [-0.15, -0.1) is 0 Å². The predicted octanol–water partition coefficient (Wildman–Crippen LogP) is 3.96. The lowest BCUT2D eigenvalue weighted by atomic mass is 10.1. The number of rotatable bonds is 13. The zero-order chi connectivity index (χ0) is 21.9. The van der Waals surface area contributed by atoms with Crippen LogP contribution in [0.2, 0.25) is 0 Å². The Balaban J connectivity index is 2.66. The highest BCUT2D eigenvalue weighted by atomic mass is 79.9. The third-order valence-corrected chi connectivity index (χ3v) is 5.06. The Morgan fingerprint density at radius 2 is 1.76 bits per heavy atom. The van der Waals surface area contributed by atoms with Crippen LogP contribution in [0.25, 0.3) is 0 Å². The van der Waals surface area contributed by atoms with Gasteiger partial charge < -0.3 is 25.0 Å². The molecular formula is C22H38BrN3O3. The minimum absolute atomic E-state index is 0.0489. The Hall–Kier alpha value is -1.31. The van der Waals surface area contributed by atoms with Crippen molar-refractivity contribution in [3.8, 4) is 11.5 Å². The summed E-state index contributed by atoms with van der Waals surface area (Å²) in [5, 5.41) is 6.39. The first-order chi connectivity index (χ1) is 13.7. The predicted molar refractivity (Wildman–Crippen MR) is 123 cm³/mol. The molecule has 1 aromatic rings. The van der Waals surface area contributed by atoms with Gasteiger partial charge in [0.1, 0.15) is 0 Å². The first-order valence-corrected chi connectivity index (χ1v) is 11.3. The molecular weight excluding hydrogens is 434 g/mol. The minimum Gasteiger partial charge on any atom is -0.490 e. The first-order valence-electron chi connectivity index (χ1n) is 10.5. The normalized spacial score (nSPS) is 11.6. The number of hydrogen-bond acceptors (Lipinski definition) is 5. The molecule has 1 aromatic carbocycles. The standard InChI is InChI=1S/C22H38BrN3O3/c1-7-26(8-2)12-10-11-24-15-17-13-19(28-9-3)20(14-18(17)23)29-16-21(27)25-22(4,5)6/h13-14,24H,7-12,15-16H2,1-6H3,(H,25,27). The molecule has 0 aromatic heterocycles. The van der Waals surface area contributed by atoms with Gasteiger partial charge in [-0.3, -0.25) is 4.79 Å². The summed E-state index contributed by atoms with van der Waals surface area (Å²) in [5.74, 6) is 1.06. The Bertz CT molecular complexity index is 628. The molecule has 0 saturated carbocycles. The summed E-state index contributed by atoms with van der Waals surface area (Å²) in [6.45, 7) is 17.6. The van der Waals surface area contributed by atoms with Gasteiger partial charge >= 0.3 is 0 Å². The molecule has 0 fully saturated rings. The van der Waals surface area contributed by atoms with E-state index in [4.69, 9.17) is 9.47 Å². The van der Waals surface area contributed by atoms with E-state index in [1.807, 2.05) is 39.8 Å². The van der Waals surface area contributed by atoms with Crippen LogP contribution < -0.4 is 20.1 Å². The Labute approximate surface area is 184 Å². The average Bonchev–Trinajstić information content (AvgIpc) is 2.64. The molecule has 0 aliphatic carbocycles. The van der Waals surface area contributed by atoms with E-state index >= 15 is 0 Å². The minimum atomic E-state index is -0.287. The molecule has 0 spiro atoms. The van der Waals surface area contributed by atoms with E-state index in [-0.39, 0.29) is 18.1 Å². The van der Waals surface area contributed by atoms with E-state index in [1.165, 1.54) is 0 Å². The quantitative estimate of drug-likeness (QED) is 0.426. The maximum absolute atomic E-state index is 12.0. The molecule has 2 N–H and O–H groups in total. The van der Waals surface area contributed by atoms with Crippen molar-refractivity contribution in [2.24, 2.45) is 0 Å². The molecule has 0 heterocycles. The van der Waals surface area contributed by atoms with Crippen LogP contribution in [0.5, 0.6) is 11.5 Å². The second kappa shape index (κ2) is 13.1. The number of nitrogens with zero attached hydrogens (tertiary/aromatic N) is 1. The van der Waals surface area contributed by atoms with Crippen LogP contribution in [-0.4, -0.2) is 55.7 Å². The molecule has 166 valence electrons. The van der Waals surface area contributed by atoms with E-state index in [9.17, 15) is 4.79 Å². The highest BCUT2D eigenvalue weighted by Gasteiger charge is 2.16. The van der Waals surface area contributed by atoms with E-state index in [2.05, 4.69) is 45.3 Å². The van der Waals surface area contributed by atoms with Gasteiger partial charge in [-0.2, -0.15) is 0 Å². The van der Waals surface area contributed by atoms with Crippen molar-refractivity contribution in [3.63, 3.8) is 0 Å². The number of benzene rings is 1. The van der Waals surface area contributed by atoms with Crippen molar-refractivity contribution in [2.75, 3.05) is 39.4 Å². The summed E-state index contributed by atoms with van der Waals surface area (Å²) < 4.78 is 12.4. The van der Waals surface area contributed by atoms with Crippen LogP contribution in [0.3, 0.4) is 0 Å². The molecule has 0 bridgehead atoms. The summed E-state index contributed by atoms with van der Waals surface area (Å²) in [7, 11) is 0. The second-order valence-electron chi connectivity index (χ2n) is 7.97. The third kappa shape index (κ3) is 10.3. The smallest absolute Gasteiger partial charge is 0.258 e. The van der Waals surface area contributed by atoms with Gasteiger partial charge in [0.15, 0.2) is 18.1 Å². The van der Waals surface area contributed by atoms with Gasteiger partial charge in [0.05, 0.1) is 6.61 Å². The summed E-state index contributed by atoms with van der Waals surface area (Å²) in [6, 6.07) is 3.85. The van der Waals surface area contributed by atoms with E-state index in [0.29, 0.717) is 18.1 Å². The van der Waals surface area contributed by atoms with Crippen molar-refractivity contribution in [2.45, 2.75) is 60.0 Å². The van der Waals surface area contributed by atoms with E-state index < -0.39 is 0 Å². The Kier molecular flexibility index (Phi) is 11.6. The average molecular weight is 472 g/mol. The van der Waals surface area contributed by atoms with Crippen LogP contribution in [0, 0.1) is 0 Å². The maximum atomic E-state index is 12.0. The molecule has 0 aliphatic rings. The number of hydrogen-bond donors (Lipinski definition) is 2. The van der Waals surface area contributed by atoms with Gasteiger partial charge in [-0.1, -0.05) is 29.8 Å². The fourth-order valence-corrected chi connectivity index (χ4v) is 3.34. The Morgan fingerprint density at radius 1 is 1.10 bits per heavy atom. The second-order valence-corrected chi connectivity index (χ2v) is 8.82. The highest BCUT2D eigenvalue weighted by Crippen LogP contribution is 2.34. The monoisotopic (exact) mass is 471 g/mol. The summed E-state index contributed by atoms with van der Waals surface area (Å²) in [6.07, 6.45) is 1.11. The van der Waals surface area contributed by atoms with Gasteiger partial charge in [0.2, 0.25) is 0 Å². The lowest BCUT2D eigenvalue weighted by Gasteiger charge is -2.21. The van der Waals surface area contributed by atoms with Crippen molar-refractivity contribution >= 4 is 21.8 Å². The number of ether oxygens (including phenoxy) is 2. The van der Waals surface area contributed by atoms with Gasteiger partial charge in [-0.05, 0) is 78.0 Å². The zero-order valence-electron chi connectivity index (χ0n) is 18.9. The molecule has 0 unspecified atom stereocenters. The molecule has 7 heteroatoms. The number of amides is 1. The molecule has 6 nitrogen and oxygen atoms in total. The maximum Gasteiger partial charge on any atom is 0.258 e. The van der Waals surface area contributed by atoms with Gasteiger partial charge in [0, 0.05) is 16.6 Å². The van der Waals surface area contributed by atoms with E-state index in [0.717, 1.165) is 49.2 Å². The third-order valence-electron chi connectivity index (χ3n) is 4.32. The SMILES string of the molecule is CCOc1cc(CNCCCN(CC)CC)c(Br)cc1OCC(=O)NC(C)(C)C. The van der Waals surface area contributed by atoms with Crippen LogP contribution in [0.4, 0.5) is 0 Å². The molecule has 1 rings (SSSR count). The van der Waals surface area contributed by atoms with Crippen LogP contribution >= 0.6 is 15.9 Å². The number of carbonyl (C=O) groups excluding carboxylic acids is 1. The summed E-state index contributed by atoms with van der Waals surface area (Å²) >= 11 is 3.62. The zero-order valence-corrected chi connectivity index (χ0v) is 20.4.